The van der Waals surface area contributed by atoms with Crippen molar-refractivity contribution in [2.45, 2.75) is 31.6 Å². The molecule has 1 saturated carbocycles. The molecule has 0 atom stereocenters. The van der Waals surface area contributed by atoms with Gasteiger partial charge in [0.25, 0.3) is 0 Å². The van der Waals surface area contributed by atoms with E-state index in [1.54, 1.807) is 12.1 Å². The molecule has 2 heteroatoms. The smallest absolute Gasteiger partial charge is 0.228 e. The summed E-state index contributed by atoms with van der Waals surface area (Å²) in [5, 5.41) is 0. The van der Waals surface area contributed by atoms with Gasteiger partial charge >= 0.3 is 0 Å². The fourth-order valence-corrected chi connectivity index (χ4v) is 3.44. The third-order valence-electron chi connectivity index (χ3n) is 4.90. The van der Waals surface area contributed by atoms with Crippen LogP contribution >= 0.6 is 0 Å². The van der Waals surface area contributed by atoms with Crippen molar-refractivity contribution in [1.29, 1.82) is 0 Å². The van der Waals surface area contributed by atoms with E-state index in [1.165, 1.54) is 36.8 Å². The summed E-state index contributed by atoms with van der Waals surface area (Å²) >= 11 is 0. The molecule has 1 fully saturated rings. The second-order valence-corrected chi connectivity index (χ2v) is 6.25. The number of allylic oxidation sites excluding steroid dienone is 1. The minimum atomic E-state index is -0.790. The van der Waals surface area contributed by atoms with Crippen molar-refractivity contribution < 1.29 is 9.13 Å². The lowest BCUT2D eigenvalue weighted by Crippen LogP contribution is -2.11. The predicted octanol–water partition coefficient (Wildman–Crippen LogP) is 6.12. The number of hydrogen-bond acceptors (Lipinski definition) is 1. The molecule has 0 aliphatic heterocycles. The van der Waals surface area contributed by atoms with Crippen LogP contribution in [0.25, 0.3) is 11.1 Å². The number of alkyl halides is 1. The van der Waals surface area contributed by atoms with Crippen LogP contribution in [0.1, 0.15) is 37.2 Å². The molecule has 0 unspecified atom stereocenters. The molecule has 2 aromatic carbocycles. The summed E-state index contributed by atoms with van der Waals surface area (Å²) in [6.07, 6.45) is 7.13. The quantitative estimate of drug-likeness (QED) is 0.605. The molecule has 0 amide bonds. The Balaban J connectivity index is 1.68. The van der Waals surface area contributed by atoms with Crippen molar-refractivity contribution in [1.82, 2.24) is 0 Å². The zero-order valence-electron chi connectivity index (χ0n) is 13.4. The van der Waals surface area contributed by atoms with Crippen LogP contribution in [0.5, 0.6) is 5.75 Å². The molecular formula is C21H23FO. The number of hydrogen-bond donors (Lipinski definition) is 0. The highest BCUT2D eigenvalue weighted by Gasteiger charge is 2.20. The molecule has 0 heterocycles. The maximum atomic E-state index is 12.1. The minimum absolute atomic E-state index is 0.562. The molecule has 23 heavy (non-hydrogen) atoms. The Morgan fingerprint density at radius 3 is 2.00 bits per heavy atom. The molecule has 0 aromatic heterocycles. The Morgan fingerprint density at radius 2 is 1.48 bits per heavy atom. The highest BCUT2D eigenvalue weighted by Crippen LogP contribution is 2.36. The second kappa shape index (κ2) is 7.45. The van der Waals surface area contributed by atoms with E-state index < -0.39 is 6.86 Å². The maximum Gasteiger partial charge on any atom is 0.228 e. The Hall–Kier alpha value is -2.09. The Labute approximate surface area is 137 Å². The van der Waals surface area contributed by atoms with Gasteiger partial charge in [0.05, 0.1) is 0 Å². The van der Waals surface area contributed by atoms with Gasteiger partial charge in [-0.1, -0.05) is 42.5 Å². The number of halogens is 1. The van der Waals surface area contributed by atoms with Crippen molar-refractivity contribution in [3.8, 4) is 16.9 Å². The van der Waals surface area contributed by atoms with Crippen LogP contribution in [0.15, 0.2) is 61.2 Å². The summed E-state index contributed by atoms with van der Waals surface area (Å²) in [6, 6.07) is 16.4. The molecule has 0 saturated heterocycles. The van der Waals surface area contributed by atoms with Crippen molar-refractivity contribution >= 4 is 0 Å². The third-order valence-corrected chi connectivity index (χ3v) is 4.90. The molecule has 0 N–H and O–H groups in total. The lowest BCUT2D eigenvalue weighted by atomic mass is 9.78. The fourth-order valence-electron chi connectivity index (χ4n) is 3.44. The Morgan fingerprint density at radius 1 is 0.913 bits per heavy atom. The topological polar surface area (TPSA) is 9.23 Å². The van der Waals surface area contributed by atoms with E-state index in [4.69, 9.17) is 4.74 Å². The first-order valence-electron chi connectivity index (χ1n) is 8.32. The third kappa shape index (κ3) is 3.82. The highest BCUT2D eigenvalue weighted by molar-refractivity contribution is 5.64. The van der Waals surface area contributed by atoms with Gasteiger partial charge in [0, 0.05) is 0 Å². The van der Waals surface area contributed by atoms with Crippen LogP contribution in [0, 0.1) is 5.92 Å². The summed E-state index contributed by atoms with van der Waals surface area (Å²) < 4.78 is 17.0. The van der Waals surface area contributed by atoms with Gasteiger partial charge in [0.15, 0.2) is 0 Å². The molecular weight excluding hydrogens is 287 g/mol. The van der Waals surface area contributed by atoms with Crippen molar-refractivity contribution in [2.24, 2.45) is 5.92 Å². The van der Waals surface area contributed by atoms with Crippen LogP contribution in [0.3, 0.4) is 0 Å². The molecule has 0 radical (unpaired) electrons. The Kier molecular flexibility index (Phi) is 5.12. The summed E-state index contributed by atoms with van der Waals surface area (Å²) in [5.41, 5.74) is 3.74. The average Bonchev–Trinajstić information content (AvgIpc) is 2.63. The lowest BCUT2D eigenvalue weighted by molar-refractivity contribution is 0.192. The van der Waals surface area contributed by atoms with E-state index in [0.717, 1.165) is 5.56 Å². The van der Waals surface area contributed by atoms with Gasteiger partial charge in [0.2, 0.25) is 6.86 Å². The predicted molar refractivity (Wildman–Crippen MR) is 93.4 cm³/mol. The van der Waals surface area contributed by atoms with E-state index >= 15 is 0 Å². The van der Waals surface area contributed by atoms with Crippen molar-refractivity contribution in [3.63, 3.8) is 0 Å². The van der Waals surface area contributed by atoms with Crippen LogP contribution in [0.2, 0.25) is 0 Å². The number of ether oxygens (including phenoxy) is 1. The van der Waals surface area contributed by atoms with Crippen LogP contribution in [0.4, 0.5) is 4.39 Å². The number of rotatable bonds is 5. The first-order valence-corrected chi connectivity index (χ1v) is 8.32. The normalized spacial score (nSPS) is 20.9. The van der Waals surface area contributed by atoms with Gasteiger partial charge in [-0.3, -0.25) is 0 Å². The Bertz CT molecular complexity index is 622. The second-order valence-electron chi connectivity index (χ2n) is 6.25. The summed E-state index contributed by atoms with van der Waals surface area (Å²) in [6.45, 7) is 3.13. The van der Waals surface area contributed by atoms with Crippen LogP contribution in [-0.4, -0.2) is 6.86 Å². The molecule has 0 bridgehead atoms. The molecule has 2 aromatic rings. The summed E-state index contributed by atoms with van der Waals surface area (Å²) in [5.74, 6) is 1.95. The molecule has 3 rings (SSSR count). The van der Waals surface area contributed by atoms with Crippen LogP contribution < -0.4 is 4.74 Å². The van der Waals surface area contributed by atoms with Gasteiger partial charge < -0.3 is 4.74 Å². The van der Waals surface area contributed by atoms with E-state index in [2.05, 4.69) is 36.9 Å². The molecule has 0 spiro atoms. The van der Waals surface area contributed by atoms with E-state index in [9.17, 15) is 4.39 Å². The average molecular weight is 310 g/mol. The van der Waals surface area contributed by atoms with Crippen molar-refractivity contribution in [2.75, 3.05) is 6.86 Å². The summed E-state index contributed by atoms with van der Waals surface area (Å²) in [7, 11) is 0. The number of benzene rings is 2. The van der Waals surface area contributed by atoms with Gasteiger partial charge in [-0.15, -0.1) is 6.58 Å². The maximum absolute atomic E-state index is 12.1. The monoisotopic (exact) mass is 310 g/mol. The fraction of sp³-hybridized carbons (Fsp3) is 0.333. The van der Waals surface area contributed by atoms with Gasteiger partial charge in [-0.25, -0.2) is 4.39 Å². The summed E-state index contributed by atoms with van der Waals surface area (Å²) in [4.78, 5) is 0. The largest absolute Gasteiger partial charge is 0.463 e. The van der Waals surface area contributed by atoms with Gasteiger partial charge in [-0.2, -0.15) is 0 Å². The zero-order chi connectivity index (χ0) is 16.1. The first kappa shape index (κ1) is 15.8. The van der Waals surface area contributed by atoms with Crippen LogP contribution in [-0.2, 0) is 0 Å². The SMILES string of the molecule is C=CC1CCC(c2ccc(-c3ccc(OCF)cc3)cc2)CC1. The lowest BCUT2D eigenvalue weighted by Gasteiger charge is -2.27. The van der Waals surface area contributed by atoms with Gasteiger partial charge in [-0.05, 0) is 66.3 Å². The van der Waals surface area contributed by atoms with Gasteiger partial charge in [0.1, 0.15) is 5.75 Å². The molecule has 1 nitrogen and oxygen atoms in total. The van der Waals surface area contributed by atoms with E-state index in [-0.39, 0.29) is 0 Å². The molecule has 120 valence electrons. The standard InChI is InChI=1S/C21H23FO/c1-2-16-3-5-17(6-4-16)18-7-9-19(10-8-18)20-11-13-21(14-12-20)23-15-22/h2,7-14,16-17H,1,3-6,15H2. The molecule has 1 aliphatic carbocycles. The molecule has 1 aliphatic rings. The zero-order valence-corrected chi connectivity index (χ0v) is 13.4. The minimum Gasteiger partial charge on any atom is -0.463 e. The van der Waals surface area contributed by atoms with E-state index in [0.29, 0.717) is 17.6 Å². The van der Waals surface area contributed by atoms with Crippen molar-refractivity contribution in [3.05, 3.63) is 66.7 Å². The van der Waals surface area contributed by atoms with E-state index in [1.807, 2.05) is 12.1 Å². The highest BCUT2D eigenvalue weighted by atomic mass is 19.1. The first-order chi connectivity index (χ1) is 11.3.